The number of fused-ring (bicyclic) bond motifs is 1. The maximum Gasteiger partial charge on any atom is 0.322 e. The van der Waals surface area contributed by atoms with Gasteiger partial charge in [0, 0.05) is 11.1 Å². The summed E-state index contributed by atoms with van der Waals surface area (Å²) < 4.78 is 5.38. The summed E-state index contributed by atoms with van der Waals surface area (Å²) in [6, 6.07) is 8.97. The lowest BCUT2D eigenvalue weighted by molar-refractivity contribution is -0.138. The van der Waals surface area contributed by atoms with E-state index in [0.29, 0.717) is 29.0 Å². The monoisotopic (exact) mass is 300 g/mol. The van der Waals surface area contributed by atoms with Crippen LogP contribution < -0.4 is 4.74 Å². The minimum Gasteiger partial charge on any atom is -0.426 e. The van der Waals surface area contributed by atoms with E-state index in [-0.39, 0.29) is 11.8 Å². The lowest BCUT2D eigenvalue weighted by atomic mass is 9.76. The van der Waals surface area contributed by atoms with Crippen molar-refractivity contribution in [2.75, 3.05) is 0 Å². The zero-order valence-electron chi connectivity index (χ0n) is 12.0. The van der Waals surface area contributed by atoms with E-state index in [4.69, 9.17) is 4.74 Å². The smallest absolute Gasteiger partial charge is 0.322 e. The van der Waals surface area contributed by atoms with Crippen LogP contribution in [-0.4, -0.2) is 11.8 Å². The van der Waals surface area contributed by atoms with Gasteiger partial charge >= 0.3 is 5.97 Å². The Morgan fingerprint density at radius 1 is 1.24 bits per heavy atom. The molecule has 4 heteroatoms. The molecule has 0 amide bonds. The summed E-state index contributed by atoms with van der Waals surface area (Å²) in [6.07, 6.45) is 1.35. The number of hydrogen-bond donors (Lipinski definition) is 0. The van der Waals surface area contributed by atoms with E-state index in [1.165, 1.54) is 11.3 Å². The highest BCUT2D eigenvalue weighted by atomic mass is 32.1. The molecule has 3 rings (SSSR count). The second-order valence-electron chi connectivity index (χ2n) is 5.20. The first kappa shape index (κ1) is 14.0. The summed E-state index contributed by atoms with van der Waals surface area (Å²) in [7, 11) is 0. The molecule has 1 aliphatic heterocycles. The standard InChI is InChI=1S/C17H16O3S/c1-3-17(4-2)12-10-11(7-8-13(12)20-16(17)19)15(18)14-6-5-9-21-14/h5-10H,3-4H2,1-2H3. The largest absolute Gasteiger partial charge is 0.426 e. The molecule has 0 saturated heterocycles. The van der Waals surface area contributed by atoms with Gasteiger partial charge in [0.1, 0.15) is 5.75 Å². The van der Waals surface area contributed by atoms with Gasteiger partial charge < -0.3 is 4.74 Å². The highest BCUT2D eigenvalue weighted by molar-refractivity contribution is 7.12. The molecule has 108 valence electrons. The van der Waals surface area contributed by atoms with Gasteiger partial charge in [-0.2, -0.15) is 0 Å². The van der Waals surface area contributed by atoms with Gasteiger partial charge in [0.15, 0.2) is 0 Å². The second-order valence-corrected chi connectivity index (χ2v) is 6.14. The fourth-order valence-electron chi connectivity index (χ4n) is 2.91. The number of rotatable bonds is 4. The number of hydrogen-bond acceptors (Lipinski definition) is 4. The average Bonchev–Trinajstić information content (AvgIpc) is 3.12. The van der Waals surface area contributed by atoms with Gasteiger partial charge in [-0.1, -0.05) is 19.9 Å². The lowest BCUT2D eigenvalue weighted by Crippen LogP contribution is -2.32. The molecule has 2 aromatic rings. The van der Waals surface area contributed by atoms with Gasteiger partial charge in [-0.3, -0.25) is 9.59 Å². The van der Waals surface area contributed by atoms with Crippen molar-refractivity contribution < 1.29 is 14.3 Å². The average molecular weight is 300 g/mol. The molecule has 0 bridgehead atoms. The Bertz CT molecular complexity index is 697. The van der Waals surface area contributed by atoms with Gasteiger partial charge in [-0.15, -0.1) is 11.3 Å². The van der Waals surface area contributed by atoms with E-state index in [9.17, 15) is 9.59 Å². The van der Waals surface area contributed by atoms with Crippen LogP contribution >= 0.6 is 11.3 Å². The zero-order valence-corrected chi connectivity index (χ0v) is 12.8. The molecular formula is C17H16O3S. The maximum atomic E-state index is 12.5. The van der Waals surface area contributed by atoms with Crippen molar-refractivity contribution in [2.24, 2.45) is 0 Å². The van der Waals surface area contributed by atoms with Crippen LogP contribution in [0, 0.1) is 0 Å². The molecule has 0 spiro atoms. The van der Waals surface area contributed by atoms with Crippen molar-refractivity contribution in [1.29, 1.82) is 0 Å². The predicted octanol–water partition coefficient (Wildman–Crippen LogP) is 3.96. The Kier molecular flexibility index (Phi) is 3.41. The molecule has 21 heavy (non-hydrogen) atoms. The molecule has 1 aromatic heterocycles. The van der Waals surface area contributed by atoms with Crippen molar-refractivity contribution >= 4 is 23.1 Å². The van der Waals surface area contributed by atoms with Crippen molar-refractivity contribution in [3.05, 3.63) is 51.7 Å². The van der Waals surface area contributed by atoms with Crippen LogP contribution in [0.5, 0.6) is 5.75 Å². The minimum absolute atomic E-state index is 0.00625. The molecule has 0 aliphatic carbocycles. The van der Waals surface area contributed by atoms with Crippen LogP contribution in [0.15, 0.2) is 35.7 Å². The summed E-state index contributed by atoms with van der Waals surface area (Å²) in [5.41, 5.74) is 0.849. The number of benzene rings is 1. The quantitative estimate of drug-likeness (QED) is 0.488. The Hall–Kier alpha value is -1.94. The number of thiophene rings is 1. The number of carbonyl (C=O) groups is 2. The van der Waals surface area contributed by atoms with Gasteiger partial charge in [-0.05, 0) is 42.5 Å². The maximum absolute atomic E-state index is 12.5. The topological polar surface area (TPSA) is 43.4 Å². The molecule has 1 aliphatic rings. The van der Waals surface area contributed by atoms with Gasteiger partial charge in [0.2, 0.25) is 5.78 Å². The van der Waals surface area contributed by atoms with Crippen molar-refractivity contribution in [3.8, 4) is 5.75 Å². The van der Waals surface area contributed by atoms with Crippen molar-refractivity contribution in [1.82, 2.24) is 0 Å². The number of carbonyl (C=O) groups excluding carboxylic acids is 2. The van der Waals surface area contributed by atoms with Gasteiger partial charge in [0.25, 0.3) is 0 Å². The normalized spacial score (nSPS) is 15.6. The summed E-state index contributed by atoms with van der Waals surface area (Å²) in [6.45, 7) is 3.96. The Morgan fingerprint density at radius 3 is 2.62 bits per heavy atom. The van der Waals surface area contributed by atoms with E-state index in [2.05, 4.69) is 0 Å². The molecular weight excluding hydrogens is 284 g/mol. The third kappa shape index (κ3) is 2.02. The SMILES string of the molecule is CCC1(CC)C(=O)Oc2ccc(C(=O)c3cccs3)cc21. The first-order chi connectivity index (χ1) is 10.1. The van der Waals surface area contributed by atoms with E-state index < -0.39 is 5.41 Å². The molecule has 0 unspecified atom stereocenters. The molecule has 2 heterocycles. The fourth-order valence-corrected chi connectivity index (χ4v) is 3.60. The third-order valence-electron chi connectivity index (χ3n) is 4.30. The number of ether oxygens (including phenoxy) is 1. The molecule has 0 radical (unpaired) electrons. The van der Waals surface area contributed by atoms with Crippen LogP contribution in [-0.2, 0) is 10.2 Å². The first-order valence-electron chi connectivity index (χ1n) is 7.07. The number of ketones is 1. The summed E-state index contributed by atoms with van der Waals surface area (Å²) in [5.74, 6) is 0.378. The van der Waals surface area contributed by atoms with Gasteiger partial charge in [-0.25, -0.2) is 0 Å². The van der Waals surface area contributed by atoms with Gasteiger partial charge in [0.05, 0.1) is 10.3 Å². The summed E-state index contributed by atoms with van der Waals surface area (Å²) in [5, 5.41) is 1.88. The third-order valence-corrected chi connectivity index (χ3v) is 5.17. The van der Waals surface area contributed by atoms with E-state index in [0.717, 1.165) is 5.56 Å². The van der Waals surface area contributed by atoms with Crippen LogP contribution in [0.3, 0.4) is 0 Å². The molecule has 0 atom stereocenters. The summed E-state index contributed by atoms with van der Waals surface area (Å²) in [4.78, 5) is 25.4. The van der Waals surface area contributed by atoms with Crippen LogP contribution in [0.4, 0.5) is 0 Å². The molecule has 3 nitrogen and oxygen atoms in total. The van der Waals surface area contributed by atoms with Crippen molar-refractivity contribution in [2.45, 2.75) is 32.1 Å². The van der Waals surface area contributed by atoms with Crippen LogP contribution in [0.1, 0.15) is 47.5 Å². The van der Waals surface area contributed by atoms with E-state index in [1.807, 2.05) is 37.4 Å². The zero-order chi connectivity index (χ0) is 15.0. The highest BCUT2D eigenvalue weighted by Crippen LogP contribution is 2.44. The number of esters is 1. The van der Waals surface area contributed by atoms with Crippen LogP contribution in [0.2, 0.25) is 0 Å². The van der Waals surface area contributed by atoms with E-state index >= 15 is 0 Å². The Labute approximate surface area is 127 Å². The Balaban J connectivity index is 2.08. The fraction of sp³-hybridized carbons (Fsp3) is 0.294. The molecule has 0 saturated carbocycles. The lowest BCUT2D eigenvalue weighted by Gasteiger charge is -2.22. The molecule has 1 aromatic carbocycles. The first-order valence-corrected chi connectivity index (χ1v) is 7.95. The molecule has 0 N–H and O–H groups in total. The highest BCUT2D eigenvalue weighted by Gasteiger charge is 2.46. The summed E-state index contributed by atoms with van der Waals surface area (Å²) >= 11 is 1.42. The Morgan fingerprint density at radius 2 is 2.00 bits per heavy atom. The predicted molar refractivity (Wildman–Crippen MR) is 82.1 cm³/mol. The van der Waals surface area contributed by atoms with Crippen molar-refractivity contribution in [3.63, 3.8) is 0 Å². The second kappa shape index (κ2) is 5.11. The van der Waals surface area contributed by atoms with E-state index in [1.54, 1.807) is 12.1 Å². The molecule has 0 fully saturated rings. The van der Waals surface area contributed by atoms with Crippen LogP contribution in [0.25, 0.3) is 0 Å². The minimum atomic E-state index is -0.610.